The third-order valence-electron chi connectivity index (χ3n) is 3.29. The first-order valence-corrected chi connectivity index (χ1v) is 6.68. The molecule has 102 valence electrons. The maximum absolute atomic E-state index is 5.96. The monoisotopic (exact) mass is 276 g/mol. The second-order valence-corrected chi connectivity index (χ2v) is 4.75. The van der Waals surface area contributed by atoms with Crippen LogP contribution in [0.4, 0.5) is 5.69 Å². The van der Waals surface area contributed by atoms with Gasteiger partial charge in [-0.25, -0.2) is 4.68 Å². The Morgan fingerprint density at radius 3 is 2.67 bits per heavy atom. The molecule has 1 aromatic heterocycles. The molecule has 0 atom stereocenters. The van der Waals surface area contributed by atoms with E-state index in [0.29, 0.717) is 23.9 Å². The van der Waals surface area contributed by atoms with Crippen molar-refractivity contribution in [1.29, 1.82) is 0 Å². The van der Waals surface area contributed by atoms with E-state index >= 15 is 0 Å². The van der Waals surface area contributed by atoms with Crippen LogP contribution < -0.4 is 4.74 Å². The maximum Gasteiger partial charge on any atom is 0.247 e. The lowest BCUT2D eigenvalue weighted by Gasteiger charge is -2.08. The lowest BCUT2D eigenvalue weighted by molar-refractivity contribution is 0.421. The molecule has 0 spiro atoms. The van der Waals surface area contributed by atoms with Crippen molar-refractivity contribution in [2.45, 2.75) is 6.54 Å². The van der Waals surface area contributed by atoms with Crippen LogP contribution in [0, 0.1) is 0 Å². The van der Waals surface area contributed by atoms with Crippen LogP contribution in [0.25, 0.3) is 0 Å². The summed E-state index contributed by atoms with van der Waals surface area (Å²) in [7, 11) is 0. The Kier molecular flexibility index (Phi) is 2.74. The van der Waals surface area contributed by atoms with Crippen molar-refractivity contribution in [3.63, 3.8) is 0 Å². The zero-order valence-electron chi connectivity index (χ0n) is 11.2. The molecule has 0 aliphatic carbocycles. The summed E-state index contributed by atoms with van der Waals surface area (Å²) in [6, 6.07) is 17.7. The molecule has 3 aromatic rings. The molecule has 1 aliphatic heterocycles. The van der Waals surface area contributed by atoms with Gasteiger partial charge in [-0.1, -0.05) is 47.7 Å². The summed E-state index contributed by atoms with van der Waals surface area (Å²) in [5, 5.41) is 8.29. The minimum atomic E-state index is 0.610. The molecule has 0 unspecified atom stereocenters. The molecular formula is C16H12N4O. The Morgan fingerprint density at radius 1 is 0.952 bits per heavy atom. The summed E-state index contributed by atoms with van der Waals surface area (Å²) in [5.74, 6) is 1.33. The molecule has 0 bridgehead atoms. The molecule has 0 fully saturated rings. The van der Waals surface area contributed by atoms with Gasteiger partial charge in [0.15, 0.2) is 11.4 Å². The Morgan fingerprint density at radius 2 is 1.76 bits per heavy atom. The fourth-order valence-electron chi connectivity index (χ4n) is 2.25. The van der Waals surface area contributed by atoms with Gasteiger partial charge < -0.3 is 4.74 Å². The first-order valence-electron chi connectivity index (χ1n) is 6.68. The number of para-hydroxylation sites is 2. The number of ether oxygens (including phenoxy) is 1. The van der Waals surface area contributed by atoms with Gasteiger partial charge in [-0.15, -0.1) is 5.10 Å². The average Bonchev–Trinajstić information content (AvgIpc) is 2.80. The van der Waals surface area contributed by atoms with Crippen LogP contribution in [0.2, 0.25) is 0 Å². The van der Waals surface area contributed by atoms with E-state index < -0.39 is 0 Å². The zero-order chi connectivity index (χ0) is 14.1. The highest BCUT2D eigenvalue weighted by molar-refractivity contribution is 5.84. The SMILES string of the molecule is C1=Nc2ccccc2Oc2c1nnn2Cc1ccccc1. The first-order chi connectivity index (χ1) is 10.4. The quantitative estimate of drug-likeness (QED) is 0.565. The Hall–Kier alpha value is -2.95. The van der Waals surface area contributed by atoms with Crippen LogP contribution in [-0.4, -0.2) is 21.2 Å². The van der Waals surface area contributed by atoms with E-state index in [2.05, 4.69) is 15.3 Å². The fraction of sp³-hybridized carbons (Fsp3) is 0.0625. The summed E-state index contributed by atoms with van der Waals surface area (Å²) in [6.07, 6.45) is 1.69. The predicted octanol–water partition coefficient (Wildman–Crippen LogP) is 3.18. The van der Waals surface area contributed by atoms with Gasteiger partial charge in [0, 0.05) is 0 Å². The molecule has 5 heteroatoms. The highest BCUT2D eigenvalue weighted by atomic mass is 16.5. The van der Waals surface area contributed by atoms with Crippen molar-refractivity contribution in [3.05, 3.63) is 65.9 Å². The second-order valence-electron chi connectivity index (χ2n) is 4.75. The molecule has 0 saturated carbocycles. The lowest BCUT2D eigenvalue weighted by atomic mass is 10.2. The van der Waals surface area contributed by atoms with E-state index in [1.54, 1.807) is 10.9 Å². The van der Waals surface area contributed by atoms with Gasteiger partial charge in [-0.05, 0) is 17.7 Å². The van der Waals surface area contributed by atoms with Crippen molar-refractivity contribution >= 4 is 11.9 Å². The predicted molar refractivity (Wildman–Crippen MR) is 79.3 cm³/mol. The molecule has 4 rings (SSSR count). The van der Waals surface area contributed by atoms with Crippen LogP contribution in [0.3, 0.4) is 0 Å². The van der Waals surface area contributed by atoms with Gasteiger partial charge in [-0.3, -0.25) is 4.99 Å². The lowest BCUT2D eigenvalue weighted by Crippen LogP contribution is -2.04. The molecule has 21 heavy (non-hydrogen) atoms. The van der Waals surface area contributed by atoms with E-state index in [9.17, 15) is 0 Å². The van der Waals surface area contributed by atoms with Crippen molar-refractivity contribution in [3.8, 4) is 11.6 Å². The number of rotatable bonds is 2. The number of aliphatic imine (C=N–C) groups is 1. The van der Waals surface area contributed by atoms with E-state index in [1.165, 1.54) is 0 Å². The number of nitrogens with zero attached hydrogens (tertiary/aromatic N) is 4. The van der Waals surface area contributed by atoms with E-state index in [1.807, 2.05) is 54.6 Å². The second kappa shape index (κ2) is 4.86. The van der Waals surface area contributed by atoms with Gasteiger partial charge in [0.1, 0.15) is 5.69 Å². The Balaban J connectivity index is 1.73. The smallest absolute Gasteiger partial charge is 0.247 e. The number of aromatic nitrogens is 3. The molecule has 0 N–H and O–H groups in total. The molecule has 1 aliphatic rings. The minimum absolute atomic E-state index is 0.610. The molecule has 2 heterocycles. The molecule has 0 radical (unpaired) electrons. The summed E-state index contributed by atoms with van der Waals surface area (Å²) >= 11 is 0. The molecule has 2 aromatic carbocycles. The number of hydrogen-bond acceptors (Lipinski definition) is 4. The van der Waals surface area contributed by atoms with Gasteiger partial charge in [0.05, 0.1) is 12.8 Å². The van der Waals surface area contributed by atoms with Gasteiger partial charge >= 0.3 is 0 Å². The highest BCUT2D eigenvalue weighted by Crippen LogP contribution is 2.34. The average molecular weight is 276 g/mol. The van der Waals surface area contributed by atoms with Crippen LogP contribution in [0.5, 0.6) is 11.6 Å². The number of fused-ring (bicyclic) bond motifs is 2. The van der Waals surface area contributed by atoms with Gasteiger partial charge in [0.2, 0.25) is 5.88 Å². The maximum atomic E-state index is 5.96. The third kappa shape index (κ3) is 2.18. The van der Waals surface area contributed by atoms with Crippen molar-refractivity contribution in [2.24, 2.45) is 4.99 Å². The van der Waals surface area contributed by atoms with E-state index in [0.717, 1.165) is 11.3 Å². The summed E-state index contributed by atoms with van der Waals surface area (Å²) in [6.45, 7) is 0.610. The number of benzene rings is 2. The fourth-order valence-corrected chi connectivity index (χ4v) is 2.25. The Bertz CT molecular complexity index is 808. The third-order valence-corrected chi connectivity index (χ3v) is 3.29. The minimum Gasteiger partial charge on any atom is -0.435 e. The van der Waals surface area contributed by atoms with Gasteiger partial charge in [-0.2, -0.15) is 0 Å². The Labute approximate surface area is 121 Å². The zero-order valence-corrected chi connectivity index (χ0v) is 11.2. The topological polar surface area (TPSA) is 52.3 Å². The first kappa shape index (κ1) is 11.8. The summed E-state index contributed by atoms with van der Waals surface area (Å²) in [5.41, 5.74) is 2.58. The van der Waals surface area contributed by atoms with Crippen LogP contribution >= 0.6 is 0 Å². The standard InChI is InChI=1S/C16H12N4O/c1-2-6-12(7-3-1)11-20-16-14(18-19-20)10-17-13-8-4-5-9-15(13)21-16/h1-10H,11H2. The molecule has 0 saturated heterocycles. The number of hydrogen-bond donors (Lipinski definition) is 0. The largest absolute Gasteiger partial charge is 0.435 e. The van der Waals surface area contributed by atoms with Crippen LogP contribution in [0.1, 0.15) is 11.3 Å². The van der Waals surface area contributed by atoms with Crippen molar-refractivity contribution < 1.29 is 4.74 Å². The van der Waals surface area contributed by atoms with E-state index in [4.69, 9.17) is 4.74 Å². The van der Waals surface area contributed by atoms with Crippen LogP contribution in [0.15, 0.2) is 59.6 Å². The van der Waals surface area contributed by atoms with E-state index in [-0.39, 0.29) is 0 Å². The van der Waals surface area contributed by atoms with Crippen molar-refractivity contribution in [1.82, 2.24) is 15.0 Å². The normalized spacial score (nSPS) is 12.2. The summed E-state index contributed by atoms with van der Waals surface area (Å²) in [4.78, 5) is 4.38. The van der Waals surface area contributed by atoms with Crippen LogP contribution in [-0.2, 0) is 6.54 Å². The molecular weight excluding hydrogens is 264 g/mol. The summed E-state index contributed by atoms with van der Waals surface area (Å²) < 4.78 is 7.71. The van der Waals surface area contributed by atoms with Crippen molar-refractivity contribution in [2.75, 3.05) is 0 Å². The molecule has 0 amide bonds. The van der Waals surface area contributed by atoms with Gasteiger partial charge in [0.25, 0.3) is 0 Å². The molecule has 5 nitrogen and oxygen atoms in total. The highest BCUT2D eigenvalue weighted by Gasteiger charge is 2.18.